The summed E-state index contributed by atoms with van der Waals surface area (Å²) in [7, 11) is 1.81. The molecule has 1 heterocycles. The molecule has 3 heteroatoms. The monoisotopic (exact) mass is 248 g/mol. The van der Waals surface area contributed by atoms with Crippen molar-refractivity contribution < 1.29 is 4.74 Å². The van der Waals surface area contributed by atoms with Gasteiger partial charge in [0.05, 0.1) is 6.10 Å². The van der Waals surface area contributed by atoms with Crippen LogP contribution in [0.4, 0.5) is 0 Å². The quantitative estimate of drug-likeness (QED) is 0.864. The van der Waals surface area contributed by atoms with Gasteiger partial charge in [-0.15, -0.1) is 0 Å². The molecule has 0 spiro atoms. The molecule has 1 aliphatic rings. The maximum Gasteiger partial charge on any atom is 0.0698 e. The molecule has 1 aliphatic heterocycles. The Morgan fingerprint density at radius 1 is 1.39 bits per heavy atom. The van der Waals surface area contributed by atoms with E-state index in [1.807, 2.05) is 7.11 Å². The van der Waals surface area contributed by atoms with Crippen LogP contribution in [0.5, 0.6) is 0 Å². The number of nitrogens with zero attached hydrogens (tertiary/aromatic N) is 1. The lowest BCUT2D eigenvalue weighted by molar-refractivity contribution is 0.0295. The Labute approximate surface area is 110 Å². The molecule has 1 fully saturated rings. The largest absolute Gasteiger partial charge is 0.380 e. The standard InChI is InChI=1S/C15H24N2O/c1-18-15-8-5-9-17(12-15)11-14(10-16)13-6-3-2-4-7-13/h2-4,6-7,14-15H,5,8-12,16H2,1H3. The summed E-state index contributed by atoms with van der Waals surface area (Å²) in [6.45, 7) is 3.96. The zero-order valence-electron chi connectivity index (χ0n) is 11.2. The normalized spacial score (nSPS) is 22.9. The smallest absolute Gasteiger partial charge is 0.0698 e. The van der Waals surface area contributed by atoms with E-state index in [0.29, 0.717) is 18.6 Å². The fraction of sp³-hybridized carbons (Fsp3) is 0.600. The zero-order valence-corrected chi connectivity index (χ0v) is 11.2. The van der Waals surface area contributed by atoms with Gasteiger partial charge >= 0.3 is 0 Å². The van der Waals surface area contributed by atoms with Crippen molar-refractivity contribution in [2.24, 2.45) is 5.73 Å². The van der Waals surface area contributed by atoms with Crippen molar-refractivity contribution >= 4 is 0 Å². The molecule has 0 amide bonds. The summed E-state index contributed by atoms with van der Waals surface area (Å²) < 4.78 is 5.47. The second-order valence-corrected chi connectivity index (χ2v) is 5.10. The first-order valence-corrected chi connectivity index (χ1v) is 6.83. The maximum absolute atomic E-state index is 5.93. The van der Waals surface area contributed by atoms with Crippen molar-refractivity contribution in [2.75, 3.05) is 33.3 Å². The molecule has 1 aromatic carbocycles. The Balaban J connectivity index is 1.94. The summed E-state index contributed by atoms with van der Waals surface area (Å²) in [5, 5.41) is 0. The van der Waals surface area contributed by atoms with Gasteiger partial charge in [-0.05, 0) is 24.9 Å². The highest BCUT2D eigenvalue weighted by Gasteiger charge is 2.22. The average molecular weight is 248 g/mol. The van der Waals surface area contributed by atoms with E-state index in [-0.39, 0.29) is 0 Å². The Morgan fingerprint density at radius 2 is 2.17 bits per heavy atom. The second kappa shape index (κ2) is 6.88. The average Bonchev–Trinajstić information content (AvgIpc) is 2.46. The number of methoxy groups -OCH3 is 1. The fourth-order valence-electron chi connectivity index (χ4n) is 2.72. The predicted molar refractivity (Wildman–Crippen MR) is 74.7 cm³/mol. The molecule has 1 aromatic rings. The summed E-state index contributed by atoms with van der Waals surface area (Å²) in [4.78, 5) is 2.49. The lowest BCUT2D eigenvalue weighted by Crippen LogP contribution is -2.42. The maximum atomic E-state index is 5.93. The van der Waals surface area contributed by atoms with Gasteiger partial charge in [0.15, 0.2) is 0 Å². The molecule has 0 radical (unpaired) electrons. The van der Waals surface area contributed by atoms with Crippen LogP contribution < -0.4 is 5.73 Å². The number of ether oxygens (including phenoxy) is 1. The molecule has 0 saturated carbocycles. The zero-order chi connectivity index (χ0) is 12.8. The Bertz CT molecular complexity index is 342. The van der Waals surface area contributed by atoms with Crippen LogP contribution in [0.3, 0.4) is 0 Å². The van der Waals surface area contributed by atoms with Gasteiger partial charge in [-0.25, -0.2) is 0 Å². The van der Waals surface area contributed by atoms with Crippen molar-refractivity contribution in [3.63, 3.8) is 0 Å². The molecule has 0 aliphatic carbocycles. The SMILES string of the molecule is COC1CCCN(CC(CN)c2ccccc2)C1. The van der Waals surface area contributed by atoms with Crippen molar-refractivity contribution in [1.82, 2.24) is 4.90 Å². The molecule has 2 unspecified atom stereocenters. The molecule has 0 aromatic heterocycles. The Morgan fingerprint density at radius 3 is 2.83 bits per heavy atom. The molecular formula is C15H24N2O. The second-order valence-electron chi connectivity index (χ2n) is 5.10. The topological polar surface area (TPSA) is 38.5 Å². The van der Waals surface area contributed by atoms with Gasteiger partial charge in [0.1, 0.15) is 0 Å². The molecular weight excluding hydrogens is 224 g/mol. The number of piperidine rings is 1. The van der Waals surface area contributed by atoms with Crippen molar-refractivity contribution in [3.8, 4) is 0 Å². The first kappa shape index (κ1) is 13.5. The van der Waals surface area contributed by atoms with E-state index in [1.54, 1.807) is 0 Å². The molecule has 2 rings (SSSR count). The molecule has 2 atom stereocenters. The highest BCUT2D eigenvalue weighted by atomic mass is 16.5. The van der Waals surface area contributed by atoms with E-state index in [9.17, 15) is 0 Å². The van der Waals surface area contributed by atoms with Crippen LogP contribution in [0.2, 0.25) is 0 Å². The van der Waals surface area contributed by atoms with Gasteiger partial charge in [0, 0.05) is 32.7 Å². The third kappa shape index (κ3) is 3.55. The third-order valence-electron chi connectivity index (χ3n) is 3.83. The predicted octanol–water partition coefficient (Wildman–Crippen LogP) is 1.84. The van der Waals surface area contributed by atoms with Crippen molar-refractivity contribution in [2.45, 2.75) is 24.9 Å². The number of rotatable bonds is 5. The van der Waals surface area contributed by atoms with Crippen molar-refractivity contribution in [3.05, 3.63) is 35.9 Å². The molecule has 18 heavy (non-hydrogen) atoms. The number of hydrogen-bond donors (Lipinski definition) is 1. The Kier molecular flexibility index (Phi) is 5.17. The third-order valence-corrected chi connectivity index (χ3v) is 3.83. The molecule has 3 nitrogen and oxygen atoms in total. The molecule has 2 N–H and O–H groups in total. The van der Waals surface area contributed by atoms with E-state index in [4.69, 9.17) is 10.5 Å². The number of likely N-dealkylation sites (tertiary alicyclic amines) is 1. The Hall–Kier alpha value is -0.900. The van der Waals surface area contributed by atoms with Crippen LogP contribution >= 0.6 is 0 Å². The number of hydrogen-bond acceptors (Lipinski definition) is 3. The van der Waals surface area contributed by atoms with Gasteiger partial charge in [0.2, 0.25) is 0 Å². The van der Waals surface area contributed by atoms with Crippen LogP contribution in [0, 0.1) is 0 Å². The lowest BCUT2D eigenvalue weighted by atomic mass is 9.97. The van der Waals surface area contributed by atoms with Gasteiger partial charge < -0.3 is 15.4 Å². The minimum atomic E-state index is 0.396. The highest BCUT2D eigenvalue weighted by Crippen LogP contribution is 2.19. The minimum Gasteiger partial charge on any atom is -0.380 e. The van der Waals surface area contributed by atoms with E-state index < -0.39 is 0 Å². The highest BCUT2D eigenvalue weighted by molar-refractivity contribution is 5.20. The number of nitrogens with two attached hydrogens (primary N) is 1. The summed E-state index contributed by atoms with van der Waals surface area (Å²) in [6, 6.07) is 10.6. The van der Waals surface area contributed by atoms with E-state index in [0.717, 1.165) is 13.1 Å². The van der Waals surface area contributed by atoms with Crippen LogP contribution in [-0.2, 0) is 4.74 Å². The van der Waals surface area contributed by atoms with E-state index in [1.165, 1.54) is 24.9 Å². The first-order valence-electron chi connectivity index (χ1n) is 6.83. The van der Waals surface area contributed by atoms with Crippen LogP contribution in [-0.4, -0.2) is 44.3 Å². The van der Waals surface area contributed by atoms with E-state index in [2.05, 4.69) is 35.2 Å². The van der Waals surface area contributed by atoms with E-state index >= 15 is 0 Å². The van der Waals surface area contributed by atoms with Gasteiger partial charge in [-0.3, -0.25) is 0 Å². The number of benzene rings is 1. The van der Waals surface area contributed by atoms with Gasteiger partial charge in [0.25, 0.3) is 0 Å². The summed E-state index contributed by atoms with van der Waals surface area (Å²) in [5.41, 5.74) is 7.28. The minimum absolute atomic E-state index is 0.396. The van der Waals surface area contributed by atoms with Crippen molar-refractivity contribution in [1.29, 1.82) is 0 Å². The molecule has 0 bridgehead atoms. The summed E-state index contributed by atoms with van der Waals surface area (Å²) >= 11 is 0. The lowest BCUT2D eigenvalue weighted by Gasteiger charge is -2.34. The molecule has 100 valence electrons. The van der Waals surface area contributed by atoms with Gasteiger partial charge in [-0.2, -0.15) is 0 Å². The van der Waals surface area contributed by atoms with Crippen LogP contribution in [0.25, 0.3) is 0 Å². The first-order chi connectivity index (χ1) is 8.83. The van der Waals surface area contributed by atoms with Crippen LogP contribution in [0.15, 0.2) is 30.3 Å². The summed E-state index contributed by atoms with van der Waals surface area (Å²) in [5.74, 6) is 0.432. The summed E-state index contributed by atoms with van der Waals surface area (Å²) in [6.07, 6.45) is 2.81. The molecule has 1 saturated heterocycles. The van der Waals surface area contributed by atoms with Gasteiger partial charge in [-0.1, -0.05) is 30.3 Å². The fourth-order valence-corrected chi connectivity index (χ4v) is 2.72. The van der Waals surface area contributed by atoms with Crippen LogP contribution in [0.1, 0.15) is 24.3 Å².